The Morgan fingerprint density at radius 2 is 2.06 bits per heavy atom. The highest BCUT2D eigenvalue weighted by Crippen LogP contribution is 2.36. The highest BCUT2D eigenvalue weighted by molar-refractivity contribution is 9.11. The first-order valence-corrected chi connectivity index (χ1v) is 7.21. The summed E-state index contributed by atoms with van der Waals surface area (Å²) in [6.07, 6.45) is 7.26. The Bertz CT molecular complexity index is 506. The number of hydrogen-bond donors (Lipinski definition) is 1. The van der Waals surface area contributed by atoms with E-state index >= 15 is 0 Å². The molecule has 0 spiro atoms. The van der Waals surface area contributed by atoms with E-state index in [2.05, 4.69) is 36.9 Å². The number of nitrogen functional groups attached to an aromatic ring is 1. The molecule has 1 aliphatic heterocycles. The smallest absolute Gasteiger partial charge is 0.222 e. The zero-order valence-corrected chi connectivity index (χ0v) is 12.1. The van der Waals surface area contributed by atoms with Gasteiger partial charge in [0.1, 0.15) is 5.82 Å². The largest absolute Gasteiger partial charge is 0.368 e. The molecule has 2 aliphatic rings. The molecule has 0 saturated heterocycles. The summed E-state index contributed by atoms with van der Waals surface area (Å²) in [5, 5.41) is 0. The van der Waals surface area contributed by atoms with E-state index in [1.165, 1.54) is 30.2 Å². The van der Waals surface area contributed by atoms with Crippen LogP contribution in [0.3, 0.4) is 0 Å². The molecule has 5 heteroatoms. The highest BCUT2D eigenvalue weighted by atomic mass is 79.9. The van der Waals surface area contributed by atoms with Crippen LogP contribution in [0, 0.1) is 6.92 Å². The number of nitrogens with zero attached hydrogens (tertiary/aromatic N) is 3. The van der Waals surface area contributed by atoms with Gasteiger partial charge in [-0.05, 0) is 25.8 Å². The lowest BCUT2D eigenvalue weighted by Crippen LogP contribution is -2.37. The fourth-order valence-electron chi connectivity index (χ4n) is 2.93. The standard InChI is InChI=1S/C13H17BrN4/c1-8-11-6-9(14)7-18(10-4-2-3-5-10)12(11)17-13(15)16-8/h6,10H,2-5,7H2,1H3,(H2,15,16,17). The molecule has 1 aromatic rings. The fourth-order valence-corrected chi connectivity index (χ4v) is 3.43. The van der Waals surface area contributed by atoms with Gasteiger partial charge in [-0.1, -0.05) is 28.8 Å². The van der Waals surface area contributed by atoms with Crippen LogP contribution in [-0.4, -0.2) is 22.6 Å². The van der Waals surface area contributed by atoms with Crippen LogP contribution in [0.2, 0.25) is 0 Å². The number of hydrogen-bond acceptors (Lipinski definition) is 4. The average molecular weight is 309 g/mol. The van der Waals surface area contributed by atoms with Gasteiger partial charge in [-0.3, -0.25) is 0 Å². The van der Waals surface area contributed by atoms with E-state index in [0.29, 0.717) is 12.0 Å². The Labute approximate surface area is 115 Å². The third-order valence-electron chi connectivity index (χ3n) is 3.79. The van der Waals surface area contributed by atoms with Crippen molar-refractivity contribution >= 4 is 33.8 Å². The number of anilines is 2. The summed E-state index contributed by atoms with van der Waals surface area (Å²) in [6, 6.07) is 0.596. The van der Waals surface area contributed by atoms with E-state index in [1.54, 1.807) is 0 Å². The monoisotopic (exact) mass is 308 g/mol. The SMILES string of the molecule is Cc1nc(N)nc2c1C=C(Br)CN2C1CCCC1. The minimum atomic E-state index is 0.376. The van der Waals surface area contributed by atoms with Gasteiger partial charge in [0, 0.05) is 16.1 Å². The normalized spacial score (nSPS) is 19.9. The fraction of sp³-hybridized carbons (Fsp3) is 0.538. The number of fused-ring (bicyclic) bond motifs is 1. The number of aromatic nitrogens is 2. The molecule has 1 aliphatic carbocycles. The molecule has 18 heavy (non-hydrogen) atoms. The Morgan fingerprint density at radius 3 is 2.78 bits per heavy atom. The van der Waals surface area contributed by atoms with Gasteiger partial charge < -0.3 is 10.6 Å². The molecule has 2 heterocycles. The molecular weight excluding hydrogens is 292 g/mol. The van der Waals surface area contributed by atoms with Crippen molar-refractivity contribution in [3.63, 3.8) is 0 Å². The molecule has 1 saturated carbocycles. The van der Waals surface area contributed by atoms with Crippen molar-refractivity contribution in [3.8, 4) is 0 Å². The first-order valence-electron chi connectivity index (χ1n) is 6.42. The summed E-state index contributed by atoms with van der Waals surface area (Å²) in [4.78, 5) is 11.1. The van der Waals surface area contributed by atoms with E-state index in [4.69, 9.17) is 5.73 Å². The molecule has 1 aromatic heterocycles. The summed E-state index contributed by atoms with van der Waals surface area (Å²) in [7, 11) is 0. The molecule has 96 valence electrons. The first kappa shape index (κ1) is 12.0. The van der Waals surface area contributed by atoms with Crippen LogP contribution in [-0.2, 0) is 0 Å². The summed E-state index contributed by atoms with van der Waals surface area (Å²) >= 11 is 3.63. The Morgan fingerprint density at radius 1 is 1.33 bits per heavy atom. The van der Waals surface area contributed by atoms with Crippen molar-refractivity contribution in [3.05, 3.63) is 15.7 Å². The van der Waals surface area contributed by atoms with Gasteiger partial charge in [-0.2, -0.15) is 4.98 Å². The number of aryl methyl sites for hydroxylation is 1. The maximum absolute atomic E-state index is 5.80. The molecule has 0 aromatic carbocycles. The van der Waals surface area contributed by atoms with Gasteiger partial charge in [0.05, 0.1) is 12.2 Å². The van der Waals surface area contributed by atoms with Crippen LogP contribution in [0.5, 0.6) is 0 Å². The van der Waals surface area contributed by atoms with Crippen molar-refractivity contribution in [2.24, 2.45) is 0 Å². The van der Waals surface area contributed by atoms with E-state index in [0.717, 1.165) is 23.6 Å². The highest BCUT2D eigenvalue weighted by Gasteiger charge is 2.29. The second kappa shape index (κ2) is 4.53. The van der Waals surface area contributed by atoms with E-state index in [9.17, 15) is 0 Å². The molecule has 2 N–H and O–H groups in total. The zero-order chi connectivity index (χ0) is 12.7. The average Bonchev–Trinajstić information content (AvgIpc) is 2.83. The van der Waals surface area contributed by atoms with Gasteiger partial charge in [0.25, 0.3) is 0 Å². The minimum absolute atomic E-state index is 0.376. The molecule has 0 atom stereocenters. The summed E-state index contributed by atoms with van der Waals surface area (Å²) in [6.45, 7) is 2.89. The van der Waals surface area contributed by atoms with Crippen LogP contribution in [0.25, 0.3) is 6.08 Å². The van der Waals surface area contributed by atoms with Crippen LogP contribution in [0.1, 0.15) is 36.9 Å². The van der Waals surface area contributed by atoms with Crippen LogP contribution < -0.4 is 10.6 Å². The lowest BCUT2D eigenvalue weighted by molar-refractivity contribution is 0.621. The molecular formula is C13H17BrN4. The van der Waals surface area contributed by atoms with Crippen LogP contribution in [0.4, 0.5) is 11.8 Å². The molecule has 0 radical (unpaired) electrons. The van der Waals surface area contributed by atoms with Gasteiger partial charge in [-0.25, -0.2) is 4.98 Å². The third kappa shape index (κ3) is 2.00. The van der Waals surface area contributed by atoms with Crippen molar-refractivity contribution < 1.29 is 0 Å². The summed E-state index contributed by atoms with van der Waals surface area (Å²) in [5.41, 5.74) is 7.86. The Kier molecular flexibility index (Phi) is 3.01. The second-order valence-corrected chi connectivity index (χ2v) is 6.08. The molecule has 0 bridgehead atoms. The third-order valence-corrected chi connectivity index (χ3v) is 4.27. The zero-order valence-electron chi connectivity index (χ0n) is 10.5. The molecule has 3 rings (SSSR count). The van der Waals surface area contributed by atoms with Gasteiger partial charge in [0.2, 0.25) is 5.95 Å². The maximum Gasteiger partial charge on any atom is 0.222 e. The molecule has 1 fully saturated rings. The van der Waals surface area contributed by atoms with Gasteiger partial charge in [0.15, 0.2) is 0 Å². The van der Waals surface area contributed by atoms with E-state index in [-0.39, 0.29) is 0 Å². The number of halogens is 1. The summed E-state index contributed by atoms with van der Waals surface area (Å²) in [5.74, 6) is 1.38. The topological polar surface area (TPSA) is 55.0 Å². The van der Waals surface area contributed by atoms with E-state index in [1.807, 2.05) is 6.92 Å². The summed E-state index contributed by atoms with van der Waals surface area (Å²) < 4.78 is 1.19. The number of rotatable bonds is 1. The Hall–Kier alpha value is -1.10. The van der Waals surface area contributed by atoms with Crippen molar-refractivity contribution in [1.82, 2.24) is 9.97 Å². The predicted molar refractivity (Wildman–Crippen MR) is 77.7 cm³/mol. The van der Waals surface area contributed by atoms with Gasteiger partial charge in [-0.15, -0.1) is 0 Å². The van der Waals surface area contributed by atoms with Crippen molar-refractivity contribution in [2.75, 3.05) is 17.2 Å². The van der Waals surface area contributed by atoms with E-state index < -0.39 is 0 Å². The first-order chi connectivity index (χ1) is 8.65. The molecule has 0 unspecified atom stereocenters. The van der Waals surface area contributed by atoms with Crippen LogP contribution >= 0.6 is 15.9 Å². The second-order valence-electron chi connectivity index (χ2n) is 5.06. The lowest BCUT2D eigenvalue weighted by Gasteiger charge is -2.34. The quantitative estimate of drug-likeness (QED) is 0.866. The van der Waals surface area contributed by atoms with Crippen molar-refractivity contribution in [1.29, 1.82) is 0 Å². The lowest BCUT2D eigenvalue weighted by atomic mass is 10.1. The van der Waals surface area contributed by atoms with Crippen molar-refractivity contribution in [2.45, 2.75) is 38.6 Å². The minimum Gasteiger partial charge on any atom is -0.368 e. The Balaban J connectivity index is 2.07. The molecule has 4 nitrogen and oxygen atoms in total. The van der Waals surface area contributed by atoms with Gasteiger partial charge >= 0.3 is 0 Å². The maximum atomic E-state index is 5.80. The number of nitrogens with two attached hydrogens (primary N) is 1. The predicted octanol–water partition coefficient (Wildman–Crippen LogP) is 2.87. The van der Waals surface area contributed by atoms with Crippen LogP contribution in [0.15, 0.2) is 4.48 Å². The molecule has 0 amide bonds.